The molecule has 102 valence electrons. The van der Waals surface area contributed by atoms with Gasteiger partial charge in [-0.2, -0.15) is 0 Å². The highest BCUT2D eigenvalue weighted by Crippen LogP contribution is 2.28. The summed E-state index contributed by atoms with van der Waals surface area (Å²) in [5.41, 5.74) is 1.31. The van der Waals surface area contributed by atoms with Gasteiger partial charge in [0.05, 0.1) is 0 Å². The maximum atomic E-state index is 5.62. The molecule has 1 aliphatic rings. The topological polar surface area (TPSA) is 25.2 Å². The molecule has 0 aromatic carbocycles. The molecule has 1 heterocycles. The van der Waals surface area contributed by atoms with E-state index in [4.69, 9.17) is 4.42 Å². The highest BCUT2D eigenvalue weighted by molar-refractivity contribution is 5.23. The van der Waals surface area contributed by atoms with E-state index in [1.807, 2.05) is 6.92 Å². The van der Waals surface area contributed by atoms with Crippen LogP contribution in [0.1, 0.15) is 69.1 Å². The van der Waals surface area contributed by atoms with Crippen LogP contribution in [0.3, 0.4) is 0 Å². The van der Waals surface area contributed by atoms with E-state index in [2.05, 4.69) is 32.2 Å². The number of aryl methyl sites for hydroxylation is 2. The molecule has 1 saturated carbocycles. The zero-order valence-corrected chi connectivity index (χ0v) is 12.3. The summed E-state index contributed by atoms with van der Waals surface area (Å²) < 4.78 is 5.62. The van der Waals surface area contributed by atoms with Gasteiger partial charge < -0.3 is 9.73 Å². The molecule has 2 atom stereocenters. The van der Waals surface area contributed by atoms with E-state index < -0.39 is 0 Å². The smallest absolute Gasteiger partial charge is 0.105 e. The maximum Gasteiger partial charge on any atom is 0.105 e. The quantitative estimate of drug-likeness (QED) is 0.849. The first-order valence-corrected chi connectivity index (χ1v) is 7.41. The Hall–Kier alpha value is -0.760. The second-order valence-electron chi connectivity index (χ2n) is 5.94. The van der Waals surface area contributed by atoms with Crippen molar-refractivity contribution in [2.24, 2.45) is 5.92 Å². The first-order chi connectivity index (χ1) is 8.58. The fourth-order valence-corrected chi connectivity index (χ4v) is 3.33. The van der Waals surface area contributed by atoms with E-state index in [1.165, 1.54) is 37.7 Å². The van der Waals surface area contributed by atoms with Crippen molar-refractivity contribution in [3.8, 4) is 0 Å². The minimum Gasteiger partial charge on any atom is -0.466 e. The Kier molecular flexibility index (Phi) is 4.50. The van der Waals surface area contributed by atoms with Crippen molar-refractivity contribution >= 4 is 0 Å². The summed E-state index contributed by atoms with van der Waals surface area (Å²) in [6.07, 6.45) is 7.04. The van der Waals surface area contributed by atoms with Crippen LogP contribution in [0.5, 0.6) is 0 Å². The average Bonchev–Trinajstić information content (AvgIpc) is 2.69. The van der Waals surface area contributed by atoms with Crippen LogP contribution >= 0.6 is 0 Å². The normalized spacial score (nSPS) is 20.9. The van der Waals surface area contributed by atoms with Crippen molar-refractivity contribution in [1.29, 1.82) is 0 Å². The zero-order valence-electron chi connectivity index (χ0n) is 12.3. The molecule has 0 aliphatic heterocycles. The molecule has 1 N–H and O–H groups in total. The molecule has 2 heteroatoms. The largest absolute Gasteiger partial charge is 0.466 e. The first-order valence-electron chi connectivity index (χ1n) is 7.41. The molecular formula is C16H27NO. The third-order valence-corrected chi connectivity index (χ3v) is 4.42. The molecule has 2 rings (SSSR count). The second kappa shape index (κ2) is 5.92. The Labute approximate surface area is 111 Å². The molecule has 1 unspecified atom stereocenters. The van der Waals surface area contributed by atoms with Crippen molar-refractivity contribution in [2.45, 2.75) is 71.9 Å². The Morgan fingerprint density at radius 1 is 1.17 bits per heavy atom. The van der Waals surface area contributed by atoms with Crippen molar-refractivity contribution < 1.29 is 4.42 Å². The molecule has 0 amide bonds. The van der Waals surface area contributed by atoms with Crippen molar-refractivity contribution in [3.05, 3.63) is 23.2 Å². The van der Waals surface area contributed by atoms with Gasteiger partial charge in [0.15, 0.2) is 0 Å². The number of rotatable bonds is 4. The van der Waals surface area contributed by atoms with Gasteiger partial charge in [-0.05, 0) is 52.5 Å². The fraction of sp³-hybridized carbons (Fsp3) is 0.750. The average molecular weight is 249 g/mol. The Balaban J connectivity index is 1.93. The third kappa shape index (κ3) is 3.17. The molecule has 0 spiro atoms. The molecule has 0 bridgehead atoms. The number of nitrogens with one attached hydrogen (secondary N) is 1. The summed E-state index contributed by atoms with van der Waals surface area (Å²) in [6.45, 7) is 8.67. The fourth-order valence-electron chi connectivity index (χ4n) is 3.33. The highest BCUT2D eigenvalue weighted by atomic mass is 16.3. The van der Waals surface area contributed by atoms with Crippen LogP contribution < -0.4 is 5.32 Å². The first kappa shape index (κ1) is 13.7. The standard InChI is InChI=1S/C16H27NO/c1-11-10-16(14(4)18-11)13(3)17-12(2)15-8-6-5-7-9-15/h10,12-13,15,17H,5-9H2,1-4H3/t12-,13?/m0/s1. The summed E-state index contributed by atoms with van der Waals surface area (Å²) in [4.78, 5) is 0. The van der Waals surface area contributed by atoms with Crippen LogP contribution in [0.25, 0.3) is 0 Å². The Morgan fingerprint density at radius 2 is 1.83 bits per heavy atom. The monoisotopic (exact) mass is 249 g/mol. The molecule has 0 radical (unpaired) electrons. The summed E-state index contributed by atoms with van der Waals surface area (Å²) in [5, 5.41) is 3.76. The van der Waals surface area contributed by atoms with Gasteiger partial charge in [0, 0.05) is 17.6 Å². The van der Waals surface area contributed by atoms with Gasteiger partial charge in [0.2, 0.25) is 0 Å². The number of hydrogen-bond donors (Lipinski definition) is 1. The molecule has 18 heavy (non-hydrogen) atoms. The van der Waals surface area contributed by atoms with Crippen LogP contribution in [0, 0.1) is 19.8 Å². The van der Waals surface area contributed by atoms with Crippen LogP contribution in [-0.2, 0) is 0 Å². The van der Waals surface area contributed by atoms with Gasteiger partial charge >= 0.3 is 0 Å². The number of hydrogen-bond acceptors (Lipinski definition) is 2. The molecule has 2 nitrogen and oxygen atoms in total. The minimum atomic E-state index is 0.388. The second-order valence-corrected chi connectivity index (χ2v) is 5.94. The number of furan rings is 1. The maximum absolute atomic E-state index is 5.62. The lowest BCUT2D eigenvalue weighted by Gasteiger charge is -2.30. The van der Waals surface area contributed by atoms with Gasteiger partial charge in [-0.1, -0.05) is 19.3 Å². The van der Waals surface area contributed by atoms with E-state index in [9.17, 15) is 0 Å². The van der Waals surface area contributed by atoms with E-state index in [1.54, 1.807) is 0 Å². The van der Waals surface area contributed by atoms with Gasteiger partial charge in [0.1, 0.15) is 11.5 Å². The van der Waals surface area contributed by atoms with Crippen LogP contribution in [0.4, 0.5) is 0 Å². The molecule has 0 saturated heterocycles. The van der Waals surface area contributed by atoms with E-state index >= 15 is 0 Å². The predicted octanol–water partition coefficient (Wildman–Crippen LogP) is 4.52. The van der Waals surface area contributed by atoms with Gasteiger partial charge in [-0.25, -0.2) is 0 Å². The van der Waals surface area contributed by atoms with E-state index in [0.717, 1.165) is 17.4 Å². The van der Waals surface area contributed by atoms with E-state index in [0.29, 0.717) is 12.1 Å². The SMILES string of the molecule is Cc1cc(C(C)N[C@@H](C)C2CCCCC2)c(C)o1. The van der Waals surface area contributed by atoms with Crippen LogP contribution in [0.15, 0.2) is 10.5 Å². The zero-order chi connectivity index (χ0) is 13.1. The van der Waals surface area contributed by atoms with Gasteiger partial charge in [-0.3, -0.25) is 0 Å². The third-order valence-electron chi connectivity index (χ3n) is 4.42. The lowest BCUT2D eigenvalue weighted by atomic mass is 9.84. The summed E-state index contributed by atoms with van der Waals surface area (Å²) in [5.74, 6) is 2.93. The van der Waals surface area contributed by atoms with Crippen LogP contribution in [0.2, 0.25) is 0 Å². The van der Waals surface area contributed by atoms with Crippen molar-refractivity contribution in [1.82, 2.24) is 5.32 Å². The van der Waals surface area contributed by atoms with Crippen LogP contribution in [-0.4, -0.2) is 6.04 Å². The highest BCUT2D eigenvalue weighted by Gasteiger charge is 2.22. The minimum absolute atomic E-state index is 0.388. The molecule has 1 aromatic heterocycles. The molecule has 1 aromatic rings. The summed E-state index contributed by atoms with van der Waals surface area (Å²) >= 11 is 0. The van der Waals surface area contributed by atoms with E-state index in [-0.39, 0.29) is 0 Å². The van der Waals surface area contributed by atoms with Gasteiger partial charge in [0.25, 0.3) is 0 Å². The van der Waals surface area contributed by atoms with Crippen molar-refractivity contribution in [2.75, 3.05) is 0 Å². The van der Waals surface area contributed by atoms with Crippen molar-refractivity contribution in [3.63, 3.8) is 0 Å². The lowest BCUT2D eigenvalue weighted by Crippen LogP contribution is -2.36. The molecule has 1 aliphatic carbocycles. The predicted molar refractivity (Wildman–Crippen MR) is 75.8 cm³/mol. The lowest BCUT2D eigenvalue weighted by molar-refractivity contribution is 0.267. The Bertz CT molecular complexity index is 376. The molecule has 1 fully saturated rings. The van der Waals surface area contributed by atoms with Gasteiger partial charge in [-0.15, -0.1) is 0 Å². The summed E-state index contributed by atoms with van der Waals surface area (Å²) in [6, 6.07) is 3.16. The summed E-state index contributed by atoms with van der Waals surface area (Å²) in [7, 11) is 0. The Morgan fingerprint density at radius 3 is 2.39 bits per heavy atom. The molecular weight excluding hydrogens is 222 g/mol.